The Kier molecular flexibility index (Phi) is 5.79. The lowest BCUT2D eigenvalue weighted by molar-refractivity contribution is -0.131. The van der Waals surface area contributed by atoms with Crippen molar-refractivity contribution in [1.29, 1.82) is 0 Å². The Labute approximate surface area is 127 Å². The van der Waals surface area contributed by atoms with Gasteiger partial charge in [0.2, 0.25) is 5.91 Å². The highest BCUT2D eigenvalue weighted by Gasteiger charge is 2.15. The molecule has 2 heterocycles. The van der Waals surface area contributed by atoms with Crippen molar-refractivity contribution in [3.05, 3.63) is 33.2 Å². The van der Waals surface area contributed by atoms with Crippen molar-refractivity contribution in [2.24, 2.45) is 0 Å². The predicted molar refractivity (Wildman–Crippen MR) is 81.7 cm³/mol. The van der Waals surface area contributed by atoms with Crippen molar-refractivity contribution in [3.8, 4) is 0 Å². The highest BCUT2D eigenvalue weighted by atomic mass is 79.9. The van der Waals surface area contributed by atoms with Gasteiger partial charge in [0.05, 0.1) is 0 Å². The molecule has 1 aliphatic heterocycles. The smallest absolute Gasteiger partial charge is 0.250 e. The maximum atomic E-state index is 12.0. The zero-order chi connectivity index (χ0) is 14.4. The molecule has 1 saturated heterocycles. The summed E-state index contributed by atoms with van der Waals surface area (Å²) in [5, 5.41) is 3.23. The summed E-state index contributed by atoms with van der Waals surface area (Å²) in [6.07, 6.45) is 4.03. The van der Waals surface area contributed by atoms with Crippen LogP contribution in [0.2, 0.25) is 0 Å². The van der Waals surface area contributed by atoms with Crippen molar-refractivity contribution in [3.63, 3.8) is 0 Å². The molecular formula is C14H20BrN3O2. The molecule has 0 saturated carbocycles. The second-order valence-corrected chi connectivity index (χ2v) is 5.88. The van der Waals surface area contributed by atoms with Gasteiger partial charge in [-0.25, -0.2) is 0 Å². The predicted octanol–water partition coefficient (Wildman–Crippen LogP) is 1.21. The number of hydrogen-bond acceptors (Lipinski definition) is 3. The van der Waals surface area contributed by atoms with E-state index in [1.807, 2.05) is 4.90 Å². The largest absolute Gasteiger partial charge is 0.340 e. The van der Waals surface area contributed by atoms with E-state index in [9.17, 15) is 9.59 Å². The van der Waals surface area contributed by atoms with Crippen LogP contribution in [-0.2, 0) is 11.3 Å². The van der Waals surface area contributed by atoms with Gasteiger partial charge in [0.25, 0.3) is 5.56 Å². The first kappa shape index (κ1) is 15.3. The average molecular weight is 342 g/mol. The van der Waals surface area contributed by atoms with E-state index in [1.165, 1.54) is 0 Å². The number of aromatic nitrogens is 1. The molecule has 1 aromatic heterocycles. The van der Waals surface area contributed by atoms with Gasteiger partial charge >= 0.3 is 0 Å². The van der Waals surface area contributed by atoms with Crippen molar-refractivity contribution < 1.29 is 4.79 Å². The highest BCUT2D eigenvalue weighted by molar-refractivity contribution is 9.10. The second kappa shape index (κ2) is 7.59. The Balaban J connectivity index is 1.72. The SMILES string of the molecule is O=C(CCCCn1cc(Br)ccc1=O)N1CCNCC1. The molecule has 0 radical (unpaired) electrons. The maximum absolute atomic E-state index is 12.0. The molecule has 20 heavy (non-hydrogen) atoms. The van der Waals surface area contributed by atoms with Crippen LogP contribution in [0.4, 0.5) is 0 Å². The van der Waals surface area contributed by atoms with E-state index in [-0.39, 0.29) is 11.5 Å². The molecule has 0 spiro atoms. The number of aryl methyl sites for hydroxylation is 1. The summed E-state index contributed by atoms with van der Waals surface area (Å²) in [6, 6.07) is 3.29. The molecule has 0 bridgehead atoms. The van der Waals surface area contributed by atoms with Gasteiger partial charge in [0.15, 0.2) is 0 Å². The van der Waals surface area contributed by atoms with Crippen LogP contribution in [0.3, 0.4) is 0 Å². The van der Waals surface area contributed by atoms with Crippen LogP contribution in [0.25, 0.3) is 0 Å². The first-order valence-electron chi connectivity index (χ1n) is 7.01. The number of halogens is 1. The third-order valence-corrected chi connectivity index (χ3v) is 3.93. The van der Waals surface area contributed by atoms with Crippen molar-refractivity contribution >= 4 is 21.8 Å². The van der Waals surface area contributed by atoms with Gasteiger partial charge in [-0.1, -0.05) is 0 Å². The number of nitrogens with one attached hydrogen (secondary N) is 1. The fourth-order valence-corrected chi connectivity index (χ4v) is 2.69. The molecule has 2 rings (SSSR count). The molecule has 0 unspecified atom stereocenters. The Morgan fingerprint density at radius 3 is 2.75 bits per heavy atom. The second-order valence-electron chi connectivity index (χ2n) is 4.97. The summed E-state index contributed by atoms with van der Waals surface area (Å²) < 4.78 is 2.58. The molecule has 1 aromatic rings. The third kappa shape index (κ3) is 4.45. The average Bonchev–Trinajstić information content (AvgIpc) is 2.47. The summed E-state index contributed by atoms with van der Waals surface area (Å²) >= 11 is 3.35. The number of rotatable bonds is 5. The van der Waals surface area contributed by atoms with Gasteiger partial charge in [0.1, 0.15) is 0 Å². The van der Waals surface area contributed by atoms with Crippen LogP contribution in [0.1, 0.15) is 19.3 Å². The minimum atomic E-state index is 0.00151. The van der Waals surface area contributed by atoms with E-state index in [4.69, 9.17) is 0 Å². The number of amides is 1. The molecule has 5 nitrogen and oxygen atoms in total. The molecule has 0 atom stereocenters. The first-order chi connectivity index (χ1) is 9.66. The zero-order valence-corrected chi connectivity index (χ0v) is 13.1. The number of carbonyl (C=O) groups is 1. The van der Waals surface area contributed by atoms with Gasteiger partial charge < -0.3 is 14.8 Å². The quantitative estimate of drug-likeness (QED) is 0.819. The molecular weight excluding hydrogens is 322 g/mol. The lowest BCUT2D eigenvalue weighted by Crippen LogP contribution is -2.46. The number of nitrogens with zero attached hydrogens (tertiary/aromatic N) is 2. The summed E-state index contributed by atoms with van der Waals surface area (Å²) in [6.45, 7) is 4.05. The normalized spacial score (nSPS) is 15.3. The molecule has 1 amide bonds. The van der Waals surface area contributed by atoms with Crippen LogP contribution < -0.4 is 10.9 Å². The lowest BCUT2D eigenvalue weighted by atomic mass is 10.2. The summed E-state index contributed by atoms with van der Waals surface area (Å²) in [4.78, 5) is 25.5. The van der Waals surface area contributed by atoms with Crippen molar-refractivity contribution in [2.75, 3.05) is 26.2 Å². The number of carbonyl (C=O) groups excluding carboxylic acids is 1. The number of piperazine rings is 1. The molecule has 0 aliphatic carbocycles. The lowest BCUT2D eigenvalue weighted by Gasteiger charge is -2.27. The summed E-state index contributed by atoms with van der Waals surface area (Å²) in [7, 11) is 0. The highest BCUT2D eigenvalue weighted by Crippen LogP contribution is 2.07. The van der Waals surface area contributed by atoms with Crippen LogP contribution >= 0.6 is 15.9 Å². The number of pyridine rings is 1. The monoisotopic (exact) mass is 341 g/mol. The first-order valence-corrected chi connectivity index (χ1v) is 7.80. The molecule has 1 aliphatic rings. The van der Waals surface area contributed by atoms with E-state index in [2.05, 4.69) is 21.2 Å². The van der Waals surface area contributed by atoms with Gasteiger partial charge in [-0.3, -0.25) is 9.59 Å². The summed E-state index contributed by atoms with van der Waals surface area (Å²) in [5.74, 6) is 0.230. The number of unbranched alkanes of at least 4 members (excludes halogenated alkanes) is 1. The van der Waals surface area contributed by atoms with Crippen molar-refractivity contribution in [2.45, 2.75) is 25.8 Å². The topological polar surface area (TPSA) is 54.3 Å². The molecule has 0 aromatic carbocycles. The standard InChI is InChI=1S/C14H20BrN3O2/c15-12-4-5-14(20)18(11-12)8-2-1-3-13(19)17-9-6-16-7-10-17/h4-5,11,16H,1-3,6-10H2. The van der Waals surface area contributed by atoms with E-state index in [0.717, 1.165) is 43.5 Å². The van der Waals surface area contributed by atoms with E-state index >= 15 is 0 Å². The van der Waals surface area contributed by atoms with Gasteiger partial charge in [-0.2, -0.15) is 0 Å². The fourth-order valence-electron chi connectivity index (χ4n) is 2.31. The van der Waals surface area contributed by atoms with Crippen LogP contribution in [0, 0.1) is 0 Å². The third-order valence-electron chi connectivity index (χ3n) is 3.46. The minimum absolute atomic E-state index is 0.00151. The Morgan fingerprint density at radius 2 is 2.00 bits per heavy atom. The van der Waals surface area contributed by atoms with E-state index in [1.54, 1.807) is 22.9 Å². The van der Waals surface area contributed by atoms with Gasteiger partial charge in [-0.05, 0) is 34.8 Å². The Hall–Kier alpha value is -1.14. The maximum Gasteiger partial charge on any atom is 0.250 e. The van der Waals surface area contributed by atoms with E-state index < -0.39 is 0 Å². The van der Waals surface area contributed by atoms with Crippen LogP contribution in [0.5, 0.6) is 0 Å². The molecule has 1 fully saturated rings. The number of hydrogen-bond donors (Lipinski definition) is 1. The fraction of sp³-hybridized carbons (Fsp3) is 0.571. The Morgan fingerprint density at radius 1 is 1.25 bits per heavy atom. The van der Waals surface area contributed by atoms with Gasteiger partial charge in [-0.15, -0.1) is 0 Å². The molecule has 6 heteroatoms. The minimum Gasteiger partial charge on any atom is -0.340 e. The van der Waals surface area contributed by atoms with Crippen LogP contribution in [-0.4, -0.2) is 41.6 Å². The van der Waals surface area contributed by atoms with Gasteiger partial charge in [0, 0.05) is 55.9 Å². The van der Waals surface area contributed by atoms with Crippen molar-refractivity contribution in [1.82, 2.24) is 14.8 Å². The van der Waals surface area contributed by atoms with E-state index in [0.29, 0.717) is 13.0 Å². The van der Waals surface area contributed by atoms with Crippen LogP contribution in [0.15, 0.2) is 27.6 Å². The summed E-state index contributed by atoms with van der Waals surface area (Å²) in [5.41, 5.74) is 0.00151. The molecule has 1 N–H and O–H groups in total. The Bertz CT molecular complexity index is 509. The molecule has 110 valence electrons. The zero-order valence-electron chi connectivity index (χ0n) is 11.5.